The monoisotopic (exact) mass is 405 g/mol. The average Bonchev–Trinajstić information content (AvgIpc) is 2.83. The minimum atomic E-state index is -0.448. The molecule has 0 aliphatic carbocycles. The molecule has 2 aromatic rings. The maximum absolute atomic E-state index is 11.9. The summed E-state index contributed by atoms with van der Waals surface area (Å²) in [5.74, 6) is -0.137. The summed E-state index contributed by atoms with van der Waals surface area (Å²) in [5, 5.41) is 0. The van der Waals surface area contributed by atoms with Crippen LogP contribution in [0, 0.1) is 0 Å². The summed E-state index contributed by atoms with van der Waals surface area (Å²) in [7, 11) is 0. The first-order valence-electron chi connectivity index (χ1n) is 6.17. The van der Waals surface area contributed by atoms with E-state index >= 15 is 0 Å². The van der Waals surface area contributed by atoms with Gasteiger partial charge in [0.25, 0.3) is 0 Å². The average molecular weight is 407 g/mol. The molecule has 0 amide bonds. The molecule has 3 nitrogen and oxygen atoms in total. The molecule has 104 valence electrons. The maximum atomic E-state index is 11.9. The molecule has 0 N–H and O–H groups in total. The van der Waals surface area contributed by atoms with Crippen LogP contribution < -0.4 is 0 Å². The standard InChI is InChI=1S/C16H9Br2NO2/c17-12-7-3-1-5-10(12)9-14-16(20)21-15(19-14)11-6-2-4-8-13(11)18/h1-9H/b14-9+. The van der Waals surface area contributed by atoms with Crippen LogP contribution in [-0.4, -0.2) is 11.9 Å². The largest absolute Gasteiger partial charge is 0.402 e. The zero-order chi connectivity index (χ0) is 14.8. The minimum absolute atomic E-state index is 0.285. The van der Waals surface area contributed by atoms with Crippen molar-refractivity contribution in [3.63, 3.8) is 0 Å². The van der Waals surface area contributed by atoms with Gasteiger partial charge in [-0.15, -0.1) is 0 Å². The number of carbonyl (C=O) groups excluding carboxylic acids is 1. The van der Waals surface area contributed by atoms with Crippen LogP contribution in [0.2, 0.25) is 0 Å². The fourth-order valence-corrected chi connectivity index (χ4v) is 2.75. The van der Waals surface area contributed by atoms with Crippen LogP contribution in [0.3, 0.4) is 0 Å². The highest BCUT2D eigenvalue weighted by molar-refractivity contribution is 9.10. The van der Waals surface area contributed by atoms with E-state index in [2.05, 4.69) is 36.9 Å². The molecule has 0 aromatic heterocycles. The molecule has 5 heteroatoms. The highest BCUT2D eigenvalue weighted by Crippen LogP contribution is 2.25. The third-order valence-corrected chi connectivity index (χ3v) is 4.34. The van der Waals surface area contributed by atoms with E-state index in [0.717, 1.165) is 20.1 Å². The van der Waals surface area contributed by atoms with E-state index in [1.165, 1.54) is 0 Å². The molecule has 3 rings (SSSR count). The van der Waals surface area contributed by atoms with E-state index < -0.39 is 5.97 Å². The van der Waals surface area contributed by atoms with E-state index in [9.17, 15) is 4.79 Å². The topological polar surface area (TPSA) is 38.7 Å². The summed E-state index contributed by atoms with van der Waals surface area (Å²) in [4.78, 5) is 16.2. The van der Waals surface area contributed by atoms with Crippen LogP contribution in [0.15, 0.2) is 68.2 Å². The molecule has 0 radical (unpaired) electrons. The fourth-order valence-electron chi connectivity index (χ4n) is 1.90. The van der Waals surface area contributed by atoms with Crippen molar-refractivity contribution in [2.75, 3.05) is 0 Å². The molecule has 0 saturated heterocycles. The number of cyclic esters (lactones) is 1. The zero-order valence-electron chi connectivity index (χ0n) is 10.7. The molecule has 1 heterocycles. The molecule has 0 bridgehead atoms. The van der Waals surface area contributed by atoms with Gasteiger partial charge in [-0.2, -0.15) is 0 Å². The number of aliphatic imine (C=N–C) groups is 1. The Balaban J connectivity index is 2.00. The van der Waals surface area contributed by atoms with Crippen LogP contribution >= 0.6 is 31.9 Å². The number of rotatable bonds is 2. The lowest BCUT2D eigenvalue weighted by molar-refractivity contribution is -0.129. The van der Waals surface area contributed by atoms with E-state index in [4.69, 9.17) is 4.74 Å². The first kappa shape index (κ1) is 14.2. The number of hydrogen-bond donors (Lipinski definition) is 0. The minimum Gasteiger partial charge on any atom is -0.402 e. The van der Waals surface area contributed by atoms with E-state index in [-0.39, 0.29) is 5.70 Å². The summed E-state index contributed by atoms with van der Waals surface area (Å²) < 4.78 is 6.98. The van der Waals surface area contributed by atoms with Gasteiger partial charge in [0.15, 0.2) is 5.70 Å². The van der Waals surface area contributed by atoms with Crippen molar-refractivity contribution >= 4 is 49.8 Å². The van der Waals surface area contributed by atoms with Gasteiger partial charge < -0.3 is 4.74 Å². The zero-order valence-corrected chi connectivity index (χ0v) is 13.9. The predicted octanol–water partition coefficient (Wildman–Crippen LogP) is 4.56. The lowest BCUT2D eigenvalue weighted by atomic mass is 10.2. The van der Waals surface area contributed by atoms with Gasteiger partial charge in [-0.1, -0.05) is 46.3 Å². The third kappa shape index (κ3) is 2.99. The molecule has 21 heavy (non-hydrogen) atoms. The van der Waals surface area contributed by atoms with Gasteiger partial charge in [-0.25, -0.2) is 9.79 Å². The second-order valence-electron chi connectivity index (χ2n) is 4.34. The Hall–Kier alpha value is -1.72. The van der Waals surface area contributed by atoms with Crippen molar-refractivity contribution in [2.24, 2.45) is 4.99 Å². The van der Waals surface area contributed by atoms with Crippen LogP contribution in [-0.2, 0) is 9.53 Å². The Morgan fingerprint density at radius 3 is 2.33 bits per heavy atom. The maximum Gasteiger partial charge on any atom is 0.363 e. The van der Waals surface area contributed by atoms with E-state index in [1.54, 1.807) is 6.08 Å². The summed E-state index contributed by atoms with van der Waals surface area (Å²) >= 11 is 6.87. The molecule has 1 aliphatic rings. The first-order valence-corrected chi connectivity index (χ1v) is 7.76. The highest BCUT2D eigenvalue weighted by Gasteiger charge is 2.25. The summed E-state index contributed by atoms with van der Waals surface area (Å²) in [6.07, 6.45) is 1.70. The Bertz CT molecular complexity index is 781. The predicted molar refractivity (Wildman–Crippen MR) is 88.9 cm³/mol. The molecule has 0 saturated carbocycles. The van der Waals surface area contributed by atoms with Crippen molar-refractivity contribution in [2.45, 2.75) is 0 Å². The number of hydrogen-bond acceptors (Lipinski definition) is 3. The van der Waals surface area contributed by atoms with Gasteiger partial charge in [0, 0.05) is 8.95 Å². The van der Waals surface area contributed by atoms with Gasteiger partial charge in [0.1, 0.15) is 0 Å². The molecule has 0 atom stereocenters. The molecular formula is C16H9Br2NO2. The molecule has 0 spiro atoms. The Kier molecular flexibility index (Phi) is 4.03. The fraction of sp³-hybridized carbons (Fsp3) is 0. The Morgan fingerprint density at radius 1 is 0.952 bits per heavy atom. The summed E-state index contributed by atoms with van der Waals surface area (Å²) in [5.41, 5.74) is 1.91. The number of carbonyl (C=O) groups is 1. The normalized spacial score (nSPS) is 16.0. The van der Waals surface area contributed by atoms with Crippen molar-refractivity contribution in [3.8, 4) is 0 Å². The van der Waals surface area contributed by atoms with Crippen molar-refractivity contribution < 1.29 is 9.53 Å². The molecule has 1 aliphatic heterocycles. The van der Waals surface area contributed by atoms with Crippen molar-refractivity contribution in [1.29, 1.82) is 0 Å². The smallest absolute Gasteiger partial charge is 0.363 e. The number of ether oxygens (including phenoxy) is 1. The summed E-state index contributed by atoms with van der Waals surface area (Å²) in [6.45, 7) is 0. The lowest BCUT2D eigenvalue weighted by Gasteiger charge is -2.01. The van der Waals surface area contributed by atoms with Crippen LogP contribution in [0.25, 0.3) is 6.08 Å². The number of benzene rings is 2. The Labute approximate surface area is 138 Å². The SMILES string of the molecule is O=C1OC(c2ccccc2Br)=N/C1=C/c1ccccc1Br. The lowest BCUT2D eigenvalue weighted by Crippen LogP contribution is -2.05. The highest BCUT2D eigenvalue weighted by atomic mass is 79.9. The second-order valence-corrected chi connectivity index (χ2v) is 6.05. The molecule has 2 aromatic carbocycles. The molecular weight excluding hydrogens is 398 g/mol. The van der Waals surface area contributed by atoms with Gasteiger partial charge in [0.2, 0.25) is 5.90 Å². The van der Waals surface area contributed by atoms with Crippen LogP contribution in [0.5, 0.6) is 0 Å². The van der Waals surface area contributed by atoms with Gasteiger partial charge in [-0.05, 0) is 45.8 Å². The van der Waals surface area contributed by atoms with Crippen LogP contribution in [0.1, 0.15) is 11.1 Å². The third-order valence-electron chi connectivity index (χ3n) is 2.92. The Morgan fingerprint density at radius 2 is 1.62 bits per heavy atom. The van der Waals surface area contributed by atoms with Crippen molar-refractivity contribution in [3.05, 3.63) is 74.3 Å². The quantitative estimate of drug-likeness (QED) is 0.541. The van der Waals surface area contributed by atoms with E-state index in [0.29, 0.717) is 5.90 Å². The summed E-state index contributed by atoms with van der Waals surface area (Å²) in [6, 6.07) is 15.1. The molecule has 0 unspecified atom stereocenters. The molecule has 0 fully saturated rings. The second kappa shape index (κ2) is 5.95. The first-order chi connectivity index (χ1) is 10.1. The van der Waals surface area contributed by atoms with E-state index in [1.807, 2.05) is 48.5 Å². The van der Waals surface area contributed by atoms with Gasteiger partial charge in [-0.3, -0.25) is 0 Å². The van der Waals surface area contributed by atoms with Crippen LogP contribution in [0.4, 0.5) is 0 Å². The van der Waals surface area contributed by atoms with Gasteiger partial charge >= 0.3 is 5.97 Å². The number of halogens is 2. The number of esters is 1. The van der Waals surface area contributed by atoms with Crippen molar-refractivity contribution in [1.82, 2.24) is 0 Å². The number of nitrogens with zero attached hydrogens (tertiary/aromatic N) is 1. The van der Waals surface area contributed by atoms with Gasteiger partial charge in [0.05, 0.1) is 5.56 Å².